The molecule has 0 fully saturated rings. The summed E-state index contributed by atoms with van der Waals surface area (Å²) >= 11 is 0. The molecule has 0 aliphatic heterocycles. The molecule has 2 aromatic carbocycles. The minimum Gasteiger partial charge on any atom is -0.493 e. The highest BCUT2D eigenvalue weighted by Gasteiger charge is 2.27. The van der Waals surface area contributed by atoms with E-state index in [0.717, 1.165) is 45.3 Å². The Hall–Kier alpha value is -3.01. The van der Waals surface area contributed by atoms with Gasteiger partial charge < -0.3 is 14.8 Å². The van der Waals surface area contributed by atoms with Gasteiger partial charge in [-0.2, -0.15) is 0 Å². The van der Waals surface area contributed by atoms with Crippen molar-refractivity contribution in [3.8, 4) is 16.9 Å². The zero-order chi connectivity index (χ0) is 24.6. The fraction of sp³-hybridized carbons (Fsp3) is 0.414. The molecule has 0 aliphatic carbocycles. The molecule has 0 atom stereocenters. The molecule has 0 spiro atoms. The van der Waals surface area contributed by atoms with Crippen molar-refractivity contribution in [2.45, 2.75) is 72.6 Å². The summed E-state index contributed by atoms with van der Waals surface area (Å²) in [4.78, 5) is 14.6. The van der Waals surface area contributed by atoms with Crippen LogP contribution in [0.15, 0.2) is 42.6 Å². The molecule has 4 nitrogen and oxygen atoms in total. The summed E-state index contributed by atoms with van der Waals surface area (Å²) in [6.45, 7) is 18.0. The standard InChI is InChI=1S/C29H37NO3/c1-9-12-33-27-22(15-20(28(3,4)5)16-24(27)29(6,7)8)23-17-30-25-11-10-19(14-21(23)25)18(2)13-26(31)32/h10-11,13-17,30H,9,12H2,1-8H3,(H,31,32). The lowest BCUT2D eigenvalue weighted by atomic mass is 9.78. The SMILES string of the molecule is CCCOc1c(-c2c[nH]c3ccc(C(C)=CC(=O)O)cc23)cc(C(C)(C)C)cc1C(C)(C)C. The van der Waals surface area contributed by atoms with Gasteiger partial charge in [-0.1, -0.05) is 60.6 Å². The molecule has 0 saturated carbocycles. The van der Waals surface area contributed by atoms with Crippen molar-refractivity contribution in [2.24, 2.45) is 0 Å². The second-order valence-corrected chi connectivity index (χ2v) is 10.9. The Bertz CT molecular complexity index is 1200. The molecule has 2 N–H and O–H groups in total. The number of hydrogen-bond donors (Lipinski definition) is 2. The summed E-state index contributed by atoms with van der Waals surface area (Å²) in [5.41, 5.74) is 7.12. The van der Waals surface area contributed by atoms with Crippen molar-refractivity contribution >= 4 is 22.4 Å². The Balaban J connectivity index is 2.35. The molecular formula is C29H37NO3. The van der Waals surface area contributed by atoms with Gasteiger partial charge in [-0.05, 0) is 59.1 Å². The highest BCUT2D eigenvalue weighted by molar-refractivity contribution is 6.00. The van der Waals surface area contributed by atoms with Crippen LogP contribution in [0.5, 0.6) is 5.75 Å². The molecule has 1 aromatic heterocycles. The number of carbonyl (C=O) groups is 1. The minimum atomic E-state index is -0.940. The largest absolute Gasteiger partial charge is 0.493 e. The van der Waals surface area contributed by atoms with Crippen LogP contribution >= 0.6 is 0 Å². The molecular weight excluding hydrogens is 410 g/mol. The Labute approximate surface area is 197 Å². The number of nitrogens with one attached hydrogen (secondary N) is 1. The van der Waals surface area contributed by atoms with E-state index in [0.29, 0.717) is 6.61 Å². The first kappa shape index (κ1) is 24.6. The first-order chi connectivity index (χ1) is 15.3. The zero-order valence-corrected chi connectivity index (χ0v) is 21.2. The van der Waals surface area contributed by atoms with Gasteiger partial charge in [0.1, 0.15) is 5.75 Å². The van der Waals surface area contributed by atoms with Crippen LogP contribution in [0.4, 0.5) is 0 Å². The highest BCUT2D eigenvalue weighted by atomic mass is 16.5. The maximum Gasteiger partial charge on any atom is 0.328 e. The van der Waals surface area contributed by atoms with E-state index in [4.69, 9.17) is 4.74 Å². The van der Waals surface area contributed by atoms with Crippen LogP contribution < -0.4 is 4.74 Å². The third-order valence-corrected chi connectivity index (χ3v) is 5.98. The van der Waals surface area contributed by atoms with Crippen LogP contribution in [0.3, 0.4) is 0 Å². The molecule has 0 aliphatic rings. The average molecular weight is 448 g/mol. The van der Waals surface area contributed by atoms with E-state index in [2.05, 4.69) is 71.6 Å². The van der Waals surface area contributed by atoms with E-state index in [1.165, 1.54) is 17.2 Å². The van der Waals surface area contributed by atoms with E-state index in [1.54, 1.807) is 0 Å². The molecule has 0 unspecified atom stereocenters. The molecule has 3 rings (SSSR count). The Morgan fingerprint density at radius 3 is 2.30 bits per heavy atom. The van der Waals surface area contributed by atoms with Gasteiger partial charge in [0.2, 0.25) is 0 Å². The van der Waals surface area contributed by atoms with Crippen LogP contribution in [0, 0.1) is 0 Å². The van der Waals surface area contributed by atoms with Crippen LogP contribution in [0.2, 0.25) is 0 Å². The minimum absolute atomic E-state index is 0.0177. The van der Waals surface area contributed by atoms with E-state index >= 15 is 0 Å². The normalized spacial score (nSPS) is 12.9. The number of ether oxygens (including phenoxy) is 1. The van der Waals surface area contributed by atoms with Crippen molar-refractivity contribution in [1.29, 1.82) is 0 Å². The Morgan fingerprint density at radius 2 is 1.73 bits per heavy atom. The predicted molar refractivity (Wildman–Crippen MR) is 138 cm³/mol. The number of fused-ring (bicyclic) bond motifs is 1. The fourth-order valence-corrected chi connectivity index (χ4v) is 4.04. The number of aliphatic carboxylic acids is 1. The summed E-state index contributed by atoms with van der Waals surface area (Å²) in [5, 5.41) is 10.2. The average Bonchev–Trinajstić information content (AvgIpc) is 3.12. The molecule has 0 saturated heterocycles. The lowest BCUT2D eigenvalue weighted by molar-refractivity contribution is -0.131. The summed E-state index contributed by atoms with van der Waals surface area (Å²) < 4.78 is 6.41. The molecule has 1 heterocycles. The van der Waals surface area contributed by atoms with Gasteiger partial charge in [0.15, 0.2) is 0 Å². The fourth-order valence-electron chi connectivity index (χ4n) is 4.04. The number of allylic oxidation sites excluding steroid dienone is 1. The zero-order valence-electron chi connectivity index (χ0n) is 21.2. The van der Waals surface area contributed by atoms with E-state index < -0.39 is 5.97 Å². The quantitative estimate of drug-likeness (QED) is 0.380. The number of H-pyrrole nitrogens is 1. The van der Waals surface area contributed by atoms with Crippen LogP contribution in [-0.2, 0) is 15.6 Å². The summed E-state index contributed by atoms with van der Waals surface area (Å²) in [6, 6.07) is 10.6. The number of benzene rings is 2. The lowest BCUT2D eigenvalue weighted by Gasteiger charge is -2.29. The maximum atomic E-state index is 11.2. The van der Waals surface area contributed by atoms with Gasteiger partial charge in [0.25, 0.3) is 0 Å². The summed E-state index contributed by atoms with van der Waals surface area (Å²) in [5.74, 6) is -0.00806. The van der Waals surface area contributed by atoms with Crippen molar-refractivity contribution in [3.63, 3.8) is 0 Å². The number of hydrogen-bond acceptors (Lipinski definition) is 2. The van der Waals surface area contributed by atoms with E-state index in [-0.39, 0.29) is 10.8 Å². The van der Waals surface area contributed by atoms with E-state index in [9.17, 15) is 9.90 Å². The van der Waals surface area contributed by atoms with Gasteiger partial charge in [-0.3, -0.25) is 0 Å². The Morgan fingerprint density at radius 1 is 1.03 bits per heavy atom. The van der Waals surface area contributed by atoms with Gasteiger partial charge in [-0.25, -0.2) is 4.79 Å². The first-order valence-electron chi connectivity index (χ1n) is 11.7. The van der Waals surface area contributed by atoms with Crippen LogP contribution in [-0.4, -0.2) is 22.7 Å². The third kappa shape index (κ3) is 5.32. The molecule has 3 aromatic rings. The van der Waals surface area contributed by atoms with Crippen molar-refractivity contribution in [1.82, 2.24) is 4.98 Å². The third-order valence-electron chi connectivity index (χ3n) is 5.98. The summed E-state index contributed by atoms with van der Waals surface area (Å²) in [7, 11) is 0. The van der Waals surface area contributed by atoms with Gasteiger partial charge >= 0.3 is 5.97 Å². The second kappa shape index (κ2) is 9.09. The number of carboxylic acids is 1. The van der Waals surface area contributed by atoms with Crippen molar-refractivity contribution < 1.29 is 14.6 Å². The first-order valence-corrected chi connectivity index (χ1v) is 11.7. The number of aromatic nitrogens is 1. The van der Waals surface area contributed by atoms with Crippen LogP contribution in [0.1, 0.15) is 78.5 Å². The lowest BCUT2D eigenvalue weighted by Crippen LogP contribution is -2.18. The smallest absolute Gasteiger partial charge is 0.328 e. The topological polar surface area (TPSA) is 62.3 Å². The second-order valence-electron chi connectivity index (χ2n) is 10.9. The highest BCUT2D eigenvalue weighted by Crippen LogP contribution is 2.45. The van der Waals surface area contributed by atoms with Crippen molar-refractivity contribution in [3.05, 3.63) is 59.3 Å². The molecule has 4 heteroatoms. The number of carboxylic acid groups (broad SMARTS) is 1. The molecule has 176 valence electrons. The van der Waals surface area contributed by atoms with Crippen LogP contribution in [0.25, 0.3) is 27.6 Å². The number of rotatable bonds is 6. The summed E-state index contributed by atoms with van der Waals surface area (Å²) in [6.07, 6.45) is 4.22. The Kier molecular flexibility index (Phi) is 6.78. The molecule has 0 amide bonds. The predicted octanol–water partition coefficient (Wildman–Crippen LogP) is 7.71. The van der Waals surface area contributed by atoms with Gasteiger partial charge in [0, 0.05) is 39.9 Å². The van der Waals surface area contributed by atoms with E-state index in [1.807, 2.05) is 25.3 Å². The maximum absolute atomic E-state index is 11.2. The number of aromatic amines is 1. The van der Waals surface area contributed by atoms with Gasteiger partial charge in [0.05, 0.1) is 6.61 Å². The van der Waals surface area contributed by atoms with Gasteiger partial charge in [-0.15, -0.1) is 0 Å². The monoisotopic (exact) mass is 447 g/mol. The molecule has 0 radical (unpaired) electrons. The molecule has 33 heavy (non-hydrogen) atoms. The molecule has 0 bridgehead atoms. The van der Waals surface area contributed by atoms with Crippen molar-refractivity contribution in [2.75, 3.05) is 6.61 Å².